The summed E-state index contributed by atoms with van der Waals surface area (Å²) in [6.07, 6.45) is 3.13. The van der Waals surface area contributed by atoms with Gasteiger partial charge in [-0.15, -0.1) is 0 Å². The molecular formula is C21H22N4O2. The second-order valence-corrected chi connectivity index (χ2v) is 8.31. The van der Waals surface area contributed by atoms with Crippen molar-refractivity contribution in [3.63, 3.8) is 0 Å². The van der Waals surface area contributed by atoms with Crippen LogP contribution in [0.1, 0.15) is 44.1 Å². The zero-order valence-corrected chi connectivity index (χ0v) is 15.3. The Morgan fingerprint density at radius 2 is 1.85 bits per heavy atom. The minimum absolute atomic E-state index is 0.181. The number of amidine groups is 1. The van der Waals surface area contributed by atoms with E-state index in [0.717, 1.165) is 25.7 Å². The number of nitrogens with two attached hydrogens (primary N) is 1. The summed E-state index contributed by atoms with van der Waals surface area (Å²) in [5.41, 5.74) is 4.79. The highest BCUT2D eigenvalue weighted by Gasteiger charge is 3.00. The highest BCUT2D eigenvalue weighted by Crippen LogP contribution is 2.89. The molecule has 0 bridgehead atoms. The lowest BCUT2D eigenvalue weighted by molar-refractivity contribution is -0.202. The Labute approximate surface area is 158 Å². The number of ether oxygens (including phenoxy) is 2. The summed E-state index contributed by atoms with van der Waals surface area (Å²) >= 11 is 0. The molecule has 5 rings (SSSR count). The molecular weight excluding hydrogens is 340 g/mol. The lowest BCUT2D eigenvalue weighted by atomic mass is 9.71. The van der Waals surface area contributed by atoms with Crippen LogP contribution in [0.2, 0.25) is 0 Å². The zero-order chi connectivity index (χ0) is 18.9. The highest BCUT2D eigenvalue weighted by atomic mass is 16.8. The van der Waals surface area contributed by atoms with Crippen LogP contribution in [0.25, 0.3) is 0 Å². The van der Waals surface area contributed by atoms with E-state index in [-0.39, 0.29) is 11.9 Å². The van der Waals surface area contributed by atoms with Crippen molar-refractivity contribution in [2.45, 2.75) is 50.5 Å². The van der Waals surface area contributed by atoms with E-state index >= 15 is 0 Å². The van der Waals surface area contributed by atoms with Crippen molar-refractivity contribution < 1.29 is 9.47 Å². The van der Waals surface area contributed by atoms with E-state index in [1.165, 1.54) is 5.56 Å². The number of nitrogens with zero attached hydrogens (tertiary/aromatic N) is 3. The second-order valence-electron chi connectivity index (χ2n) is 8.31. The Kier molecular flexibility index (Phi) is 3.16. The van der Waals surface area contributed by atoms with Crippen LogP contribution in [0.4, 0.5) is 0 Å². The number of hydrogen-bond acceptors (Lipinski definition) is 6. The van der Waals surface area contributed by atoms with Gasteiger partial charge in [-0.25, -0.2) is 4.99 Å². The predicted molar refractivity (Wildman–Crippen MR) is 97.0 cm³/mol. The molecule has 27 heavy (non-hydrogen) atoms. The van der Waals surface area contributed by atoms with Gasteiger partial charge in [0.2, 0.25) is 0 Å². The quantitative estimate of drug-likeness (QED) is 0.827. The van der Waals surface area contributed by atoms with Crippen molar-refractivity contribution >= 4 is 5.84 Å². The number of aliphatic imine (C=N–C) groups is 1. The predicted octanol–water partition coefficient (Wildman–Crippen LogP) is 2.82. The topological polar surface area (TPSA) is 104 Å². The first-order chi connectivity index (χ1) is 13.0. The summed E-state index contributed by atoms with van der Waals surface area (Å²) in [4.78, 5) is 4.42. The summed E-state index contributed by atoms with van der Waals surface area (Å²) in [6.45, 7) is 2.24. The zero-order valence-electron chi connectivity index (χ0n) is 15.3. The van der Waals surface area contributed by atoms with Gasteiger partial charge in [-0.1, -0.05) is 30.3 Å². The van der Waals surface area contributed by atoms with Gasteiger partial charge in [0.1, 0.15) is 11.3 Å². The Morgan fingerprint density at radius 1 is 1.15 bits per heavy atom. The van der Waals surface area contributed by atoms with E-state index < -0.39 is 22.2 Å². The fourth-order valence-corrected chi connectivity index (χ4v) is 6.25. The van der Waals surface area contributed by atoms with Crippen molar-refractivity contribution in [3.8, 4) is 12.1 Å². The number of benzene rings is 1. The molecule has 6 heteroatoms. The highest BCUT2D eigenvalue weighted by molar-refractivity contribution is 6.00. The van der Waals surface area contributed by atoms with Crippen LogP contribution in [0.15, 0.2) is 35.3 Å². The first kappa shape index (κ1) is 16.7. The maximum atomic E-state index is 10.3. The van der Waals surface area contributed by atoms with Crippen LogP contribution in [0.3, 0.4) is 0 Å². The molecule has 2 N–H and O–H groups in total. The maximum Gasteiger partial charge on any atom is 0.293 e. The fourth-order valence-electron chi connectivity index (χ4n) is 6.25. The van der Waals surface area contributed by atoms with Crippen molar-refractivity contribution in [2.75, 3.05) is 6.61 Å². The van der Waals surface area contributed by atoms with Crippen molar-refractivity contribution in [1.29, 1.82) is 10.5 Å². The molecule has 6 nitrogen and oxygen atoms in total. The third-order valence-corrected chi connectivity index (χ3v) is 7.38. The third-order valence-electron chi connectivity index (χ3n) is 7.38. The lowest BCUT2D eigenvalue weighted by Crippen LogP contribution is -2.42. The smallest absolute Gasteiger partial charge is 0.293 e. The van der Waals surface area contributed by atoms with Gasteiger partial charge in [-0.05, 0) is 44.1 Å². The molecule has 2 heterocycles. The first-order valence-corrected chi connectivity index (χ1v) is 9.57. The van der Waals surface area contributed by atoms with Crippen LogP contribution in [-0.4, -0.2) is 24.5 Å². The van der Waals surface area contributed by atoms with Crippen molar-refractivity contribution in [1.82, 2.24) is 0 Å². The summed E-state index contributed by atoms with van der Waals surface area (Å²) in [5.74, 6) is -0.789. The largest absolute Gasteiger partial charge is 0.386 e. The van der Waals surface area contributed by atoms with Gasteiger partial charge in [-0.3, -0.25) is 0 Å². The van der Waals surface area contributed by atoms with Gasteiger partial charge < -0.3 is 15.2 Å². The lowest BCUT2D eigenvalue weighted by Gasteiger charge is -2.36. The van der Waals surface area contributed by atoms with Gasteiger partial charge in [0.05, 0.1) is 24.8 Å². The Bertz CT molecular complexity index is 908. The summed E-state index contributed by atoms with van der Waals surface area (Å²) in [7, 11) is 0. The minimum atomic E-state index is -1.43. The van der Waals surface area contributed by atoms with E-state index in [1.807, 2.05) is 13.0 Å². The van der Waals surface area contributed by atoms with Crippen LogP contribution in [0.5, 0.6) is 0 Å². The molecule has 4 atom stereocenters. The average molecular weight is 362 g/mol. The molecule has 2 aliphatic heterocycles. The molecule has 2 spiro atoms. The molecule has 138 valence electrons. The van der Waals surface area contributed by atoms with Gasteiger partial charge >= 0.3 is 0 Å². The van der Waals surface area contributed by atoms with Crippen molar-refractivity contribution in [2.24, 2.45) is 27.0 Å². The Hall–Kier alpha value is -2.41. The molecule has 0 aromatic heterocycles. The summed E-state index contributed by atoms with van der Waals surface area (Å²) in [6, 6.07) is 15.3. The SMILES string of the molecule is C[C@H]1CO[C@]2(N=C(N)[C@@]3(C#N)C4(CCC(c5ccccc5)CC4)[C@@]23C#N)O1. The molecule has 1 saturated heterocycles. The molecule has 2 saturated carbocycles. The van der Waals surface area contributed by atoms with E-state index in [4.69, 9.17) is 15.2 Å². The average Bonchev–Trinajstić information content (AvgIpc) is 2.87. The Morgan fingerprint density at radius 3 is 2.41 bits per heavy atom. The van der Waals surface area contributed by atoms with E-state index in [0.29, 0.717) is 12.5 Å². The van der Waals surface area contributed by atoms with Crippen molar-refractivity contribution in [3.05, 3.63) is 35.9 Å². The van der Waals surface area contributed by atoms with E-state index in [1.54, 1.807) is 0 Å². The van der Waals surface area contributed by atoms with Gasteiger partial charge in [0, 0.05) is 5.41 Å². The first-order valence-electron chi connectivity index (χ1n) is 9.57. The maximum absolute atomic E-state index is 10.3. The van der Waals surface area contributed by atoms with Gasteiger partial charge in [0.15, 0.2) is 5.41 Å². The van der Waals surface area contributed by atoms with E-state index in [2.05, 4.69) is 41.4 Å². The summed E-state index contributed by atoms with van der Waals surface area (Å²) < 4.78 is 12.0. The van der Waals surface area contributed by atoms with Crippen LogP contribution in [-0.2, 0) is 9.47 Å². The monoisotopic (exact) mass is 362 g/mol. The van der Waals surface area contributed by atoms with Crippen LogP contribution in [0, 0.1) is 38.9 Å². The number of rotatable bonds is 1. The minimum Gasteiger partial charge on any atom is -0.386 e. The van der Waals surface area contributed by atoms with Gasteiger partial charge in [-0.2, -0.15) is 10.5 Å². The van der Waals surface area contributed by atoms with Crippen LogP contribution < -0.4 is 5.73 Å². The fraction of sp³-hybridized carbons (Fsp3) is 0.571. The molecule has 3 fully saturated rings. The van der Waals surface area contributed by atoms with Crippen LogP contribution >= 0.6 is 0 Å². The molecule has 4 aliphatic rings. The van der Waals surface area contributed by atoms with E-state index in [9.17, 15) is 10.5 Å². The molecule has 0 radical (unpaired) electrons. The molecule has 0 unspecified atom stereocenters. The number of hydrogen-bond donors (Lipinski definition) is 1. The normalized spacial score (nSPS) is 47.3. The molecule has 0 amide bonds. The Balaban J connectivity index is 1.54. The standard InChI is InChI=1S/C21H22N4O2/c1-14-11-26-21(27-14)20(13-23)18(19(20,12-22)17(24)25-21)9-7-16(8-10-18)15-5-3-2-4-6-15/h2-6,14,16H,7-11H2,1H3,(H2,24,25)/t14-,16?,18?,19-,20+,21-/m0/s1. The molecule has 1 aromatic rings. The molecule has 1 aromatic carbocycles. The number of fused-ring (bicyclic) bond motifs is 4. The number of nitriles is 2. The summed E-state index contributed by atoms with van der Waals surface area (Å²) in [5, 5.41) is 20.5. The van der Waals surface area contributed by atoms with Gasteiger partial charge in [0.25, 0.3) is 5.91 Å². The third kappa shape index (κ3) is 1.57. The second kappa shape index (κ2) is 5.10. The molecule has 2 aliphatic carbocycles.